The maximum Gasteiger partial charge on any atom is 0.226 e. The normalized spacial score (nSPS) is 26.9. The summed E-state index contributed by atoms with van der Waals surface area (Å²) in [5.74, 6) is 0.563. The van der Waals surface area contributed by atoms with E-state index in [1.807, 2.05) is 11.9 Å². The number of amides is 1. The number of likely N-dealkylation sites (tertiary alicyclic amines) is 2. The molecule has 0 aromatic rings. The summed E-state index contributed by atoms with van der Waals surface area (Å²) in [5, 5.41) is 0. The van der Waals surface area contributed by atoms with E-state index in [2.05, 4.69) is 30.7 Å². The molecule has 1 amide bonds. The molecule has 0 aliphatic carbocycles. The van der Waals surface area contributed by atoms with Crippen molar-refractivity contribution in [1.29, 1.82) is 0 Å². The predicted octanol–water partition coefficient (Wildman–Crippen LogP) is 1.66. The van der Waals surface area contributed by atoms with Crippen LogP contribution < -0.4 is 0 Å². The van der Waals surface area contributed by atoms with Crippen molar-refractivity contribution < 1.29 is 4.79 Å². The van der Waals surface area contributed by atoms with Gasteiger partial charge in [0.15, 0.2) is 0 Å². The summed E-state index contributed by atoms with van der Waals surface area (Å²) < 4.78 is 0. The van der Waals surface area contributed by atoms with Gasteiger partial charge in [-0.1, -0.05) is 0 Å². The zero-order valence-electron chi connectivity index (χ0n) is 13.6. The van der Waals surface area contributed by atoms with Crippen molar-refractivity contribution in [3.05, 3.63) is 0 Å². The average molecular weight is 281 g/mol. The van der Waals surface area contributed by atoms with Crippen molar-refractivity contribution in [1.82, 2.24) is 14.7 Å². The van der Waals surface area contributed by atoms with Gasteiger partial charge in [0.25, 0.3) is 0 Å². The van der Waals surface area contributed by atoms with Crippen LogP contribution in [0.15, 0.2) is 0 Å². The Morgan fingerprint density at radius 1 is 1.15 bits per heavy atom. The zero-order chi connectivity index (χ0) is 14.7. The molecule has 2 fully saturated rings. The molecular weight excluding hydrogens is 250 g/mol. The van der Waals surface area contributed by atoms with Gasteiger partial charge in [0, 0.05) is 25.7 Å². The first kappa shape index (κ1) is 15.8. The maximum absolute atomic E-state index is 12.5. The van der Waals surface area contributed by atoms with Crippen molar-refractivity contribution in [2.75, 3.05) is 40.3 Å². The lowest BCUT2D eigenvalue weighted by molar-refractivity contribution is -0.138. The molecule has 2 aliphatic rings. The molecule has 4 nitrogen and oxygen atoms in total. The highest BCUT2D eigenvalue weighted by atomic mass is 16.2. The lowest BCUT2D eigenvalue weighted by Crippen LogP contribution is -2.51. The van der Waals surface area contributed by atoms with Crippen LogP contribution in [0.5, 0.6) is 0 Å². The summed E-state index contributed by atoms with van der Waals surface area (Å²) in [6.45, 7) is 8.75. The van der Waals surface area contributed by atoms with Crippen LogP contribution in [0.3, 0.4) is 0 Å². The summed E-state index contributed by atoms with van der Waals surface area (Å²) in [5.41, 5.74) is 0. The van der Waals surface area contributed by atoms with Gasteiger partial charge in [0.05, 0.1) is 5.92 Å². The minimum atomic E-state index is 0.218. The molecule has 2 rings (SSSR count). The lowest BCUT2D eigenvalue weighted by atomic mass is 9.93. The number of nitrogens with zero attached hydrogens (tertiary/aromatic N) is 3. The molecular formula is C16H31N3O. The van der Waals surface area contributed by atoms with Crippen LogP contribution in [0.4, 0.5) is 0 Å². The van der Waals surface area contributed by atoms with E-state index >= 15 is 0 Å². The number of carbonyl (C=O) groups excluding carboxylic acids is 1. The number of carbonyl (C=O) groups is 1. The Bertz CT molecular complexity index is 324. The molecule has 116 valence electrons. The molecule has 0 aromatic heterocycles. The number of rotatable bonds is 3. The van der Waals surface area contributed by atoms with Crippen molar-refractivity contribution in [2.24, 2.45) is 5.92 Å². The molecule has 0 spiro atoms. The first-order chi connectivity index (χ1) is 9.49. The smallest absolute Gasteiger partial charge is 0.226 e. The maximum atomic E-state index is 12.5. The fourth-order valence-electron chi connectivity index (χ4n) is 3.44. The summed E-state index contributed by atoms with van der Waals surface area (Å²) >= 11 is 0. The van der Waals surface area contributed by atoms with Crippen LogP contribution in [-0.4, -0.2) is 73.0 Å². The third-order valence-electron chi connectivity index (χ3n) is 5.13. The largest absolute Gasteiger partial charge is 0.343 e. The molecule has 0 bridgehead atoms. The quantitative estimate of drug-likeness (QED) is 0.787. The van der Waals surface area contributed by atoms with Crippen LogP contribution >= 0.6 is 0 Å². The lowest BCUT2D eigenvalue weighted by Gasteiger charge is -2.42. The molecule has 2 heterocycles. The van der Waals surface area contributed by atoms with Gasteiger partial charge >= 0.3 is 0 Å². The molecule has 1 unspecified atom stereocenters. The Morgan fingerprint density at radius 3 is 2.40 bits per heavy atom. The highest BCUT2D eigenvalue weighted by molar-refractivity contribution is 5.79. The Morgan fingerprint density at radius 2 is 1.80 bits per heavy atom. The zero-order valence-corrected chi connectivity index (χ0v) is 13.6. The molecule has 0 aromatic carbocycles. The van der Waals surface area contributed by atoms with Gasteiger partial charge in [-0.15, -0.1) is 0 Å². The van der Waals surface area contributed by atoms with Gasteiger partial charge in [-0.25, -0.2) is 0 Å². The van der Waals surface area contributed by atoms with Crippen molar-refractivity contribution in [3.8, 4) is 0 Å². The fraction of sp³-hybridized carbons (Fsp3) is 0.938. The molecule has 0 radical (unpaired) electrons. The summed E-state index contributed by atoms with van der Waals surface area (Å²) in [7, 11) is 4.15. The van der Waals surface area contributed by atoms with E-state index in [9.17, 15) is 4.79 Å². The van der Waals surface area contributed by atoms with Gasteiger partial charge in [0.2, 0.25) is 5.91 Å². The van der Waals surface area contributed by atoms with Crippen molar-refractivity contribution in [3.63, 3.8) is 0 Å². The minimum absolute atomic E-state index is 0.218. The molecule has 2 saturated heterocycles. The van der Waals surface area contributed by atoms with Gasteiger partial charge < -0.3 is 9.80 Å². The van der Waals surface area contributed by atoms with Gasteiger partial charge in [0.1, 0.15) is 0 Å². The molecule has 4 heteroatoms. The Hall–Kier alpha value is -0.610. The SMILES string of the molecule is CC(C)N(C)C(=O)C1CCCN(C2CCN(C)CC2)C1. The number of hydrogen-bond acceptors (Lipinski definition) is 3. The molecule has 20 heavy (non-hydrogen) atoms. The number of hydrogen-bond donors (Lipinski definition) is 0. The van der Waals surface area contributed by atoms with E-state index < -0.39 is 0 Å². The fourth-order valence-corrected chi connectivity index (χ4v) is 3.44. The first-order valence-corrected chi connectivity index (χ1v) is 8.18. The summed E-state index contributed by atoms with van der Waals surface area (Å²) in [6, 6.07) is 1.01. The van der Waals surface area contributed by atoms with E-state index in [1.165, 1.54) is 38.9 Å². The third-order valence-corrected chi connectivity index (χ3v) is 5.13. The molecule has 0 saturated carbocycles. The summed E-state index contributed by atoms with van der Waals surface area (Å²) in [6.07, 6.45) is 4.77. The minimum Gasteiger partial charge on any atom is -0.343 e. The topological polar surface area (TPSA) is 26.8 Å². The van der Waals surface area contributed by atoms with Crippen LogP contribution in [0, 0.1) is 5.92 Å². The van der Waals surface area contributed by atoms with Crippen LogP contribution in [0.1, 0.15) is 39.5 Å². The predicted molar refractivity (Wildman–Crippen MR) is 82.7 cm³/mol. The Kier molecular flexibility index (Phi) is 5.44. The average Bonchev–Trinajstić information content (AvgIpc) is 2.46. The second-order valence-corrected chi connectivity index (χ2v) is 6.91. The van der Waals surface area contributed by atoms with E-state index in [1.54, 1.807) is 0 Å². The van der Waals surface area contributed by atoms with Gasteiger partial charge in [-0.3, -0.25) is 9.69 Å². The van der Waals surface area contributed by atoms with E-state index in [-0.39, 0.29) is 5.92 Å². The second kappa shape index (κ2) is 6.90. The van der Waals surface area contributed by atoms with Crippen molar-refractivity contribution >= 4 is 5.91 Å². The van der Waals surface area contributed by atoms with Crippen LogP contribution in [-0.2, 0) is 4.79 Å². The Balaban J connectivity index is 1.90. The van der Waals surface area contributed by atoms with E-state index in [4.69, 9.17) is 0 Å². The second-order valence-electron chi connectivity index (χ2n) is 6.91. The monoisotopic (exact) mass is 281 g/mol. The van der Waals surface area contributed by atoms with Crippen LogP contribution in [0.25, 0.3) is 0 Å². The highest BCUT2D eigenvalue weighted by Crippen LogP contribution is 2.24. The van der Waals surface area contributed by atoms with Crippen molar-refractivity contribution in [2.45, 2.75) is 51.6 Å². The molecule has 1 atom stereocenters. The number of piperidine rings is 2. The Labute approximate surface area is 124 Å². The highest BCUT2D eigenvalue weighted by Gasteiger charge is 2.32. The van der Waals surface area contributed by atoms with Gasteiger partial charge in [-0.05, 0) is 66.2 Å². The van der Waals surface area contributed by atoms with E-state index in [0.717, 1.165) is 13.0 Å². The van der Waals surface area contributed by atoms with Crippen LogP contribution in [0.2, 0.25) is 0 Å². The first-order valence-electron chi connectivity index (χ1n) is 8.18. The molecule has 0 N–H and O–H groups in total. The standard InChI is InChI=1S/C16H31N3O/c1-13(2)18(4)16(20)14-6-5-9-19(12-14)15-7-10-17(3)11-8-15/h13-15H,5-12H2,1-4H3. The summed E-state index contributed by atoms with van der Waals surface area (Å²) in [4.78, 5) is 19.4. The molecule has 2 aliphatic heterocycles. The third kappa shape index (κ3) is 3.73. The van der Waals surface area contributed by atoms with Gasteiger partial charge in [-0.2, -0.15) is 0 Å². The van der Waals surface area contributed by atoms with E-state index in [0.29, 0.717) is 18.0 Å².